The van der Waals surface area contributed by atoms with Crippen LogP contribution in [0.25, 0.3) is 0 Å². The number of anilines is 1. The molecule has 9 heteroatoms. The second-order valence-electron chi connectivity index (χ2n) is 6.93. The first kappa shape index (κ1) is 19.0. The number of fused-ring (bicyclic) bond motifs is 2. The summed E-state index contributed by atoms with van der Waals surface area (Å²) in [7, 11) is 0. The molecule has 154 valence electrons. The molecule has 3 aromatic rings. The topological polar surface area (TPSA) is 126 Å². The van der Waals surface area contributed by atoms with Gasteiger partial charge in [-0.1, -0.05) is 0 Å². The van der Waals surface area contributed by atoms with E-state index in [1.165, 1.54) is 60.7 Å². The van der Waals surface area contributed by atoms with Crippen molar-refractivity contribution >= 4 is 29.3 Å². The van der Waals surface area contributed by atoms with Crippen LogP contribution in [-0.2, 0) is 0 Å². The van der Waals surface area contributed by atoms with E-state index < -0.39 is 23.6 Å². The second kappa shape index (κ2) is 7.07. The first-order valence-electron chi connectivity index (χ1n) is 9.32. The molecular weight excluding hydrogens is 414 g/mol. The maximum absolute atomic E-state index is 12.9. The number of nitriles is 1. The molecular formula is C23H11N3O6. The lowest BCUT2D eigenvalue weighted by Crippen LogP contribution is -2.29. The van der Waals surface area contributed by atoms with Crippen molar-refractivity contribution in [2.24, 2.45) is 0 Å². The molecule has 0 saturated carbocycles. The largest absolute Gasteiger partial charge is 0.457 e. The first-order valence-corrected chi connectivity index (χ1v) is 9.32. The SMILES string of the molecule is N#COc1ccc(N2C(=O)c3ccc(Oc4ccc5c(c4)C(=O)NC5=O)cc3C2=O)cc1. The minimum atomic E-state index is -0.525. The Balaban J connectivity index is 1.42. The number of rotatable bonds is 4. The van der Waals surface area contributed by atoms with E-state index in [4.69, 9.17) is 14.7 Å². The quantitative estimate of drug-likeness (QED) is 0.503. The summed E-state index contributed by atoms with van der Waals surface area (Å²) in [5, 5.41) is 10.8. The van der Waals surface area contributed by atoms with Gasteiger partial charge in [-0.15, -0.1) is 5.26 Å². The molecule has 32 heavy (non-hydrogen) atoms. The van der Waals surface area contributed by atoms with E-state index in [1.807, 2.05) is 0 Å². The van der Waals surface area contributed by atoms with Gasteiger partial charge in [0.05, 0.1) is 27.9 Å². The van der Waals surface area contributed by atoms with Crippen LogP contribution in [0.15, 0.2) is 60.7 Å². The van der Waals surface area contributed by atoms with Gasteiger partial charge in [0, 0.05) is 0 Å². The third-order valence-electron chi connectivity index (χ3n) is 5.06. The van der Waals surface area contributed by atoms with Gasteiger partial charge in [-0.05, 0) is 60.7 Å². The van der Waals surface area contributed by atoms with Crippen molar-refractivity contribution in [3.05, 3.63) is 82.9 Å². The molecule has 4 amide bonds. The average Bonchev–Trinajstić information content (AvgIpc) is 3.21. The summed E-state index contributed by atoms with van der Waals surface area (Å²) in [4.78, 5) is 50.3. The molecule has 0 aliphatic carbocycles. The van der Waals surface area contributed by atoms with E-state index in [2.05, 4.69) is 5.32 Å². The van der Waals surface area contributed by atoms with E-state index in [9.17, 15) is 19.2 Å². The fourth-order valence-corrected chi connectivity index (χ4v) is 3.58. The second-order valence-corrected chi connectivity index (χ2v) is 6.93. The van der Waals surface area contributed by atoms with Crippen molar-refractivity contribution in [1.82, 2.24) is 5.32 Å². The molecule has 0 unspecified atom stereocenters. The summed E-state index contributed by atoms with van der Waals surface area (Å²) in [6, 6.07) is 14.9. The highest BCUT2D eigenvalue weighted by molar-refractivity contribution is 6.34. The molecule has 0 aromatic heterocycles. The van der Waals surface area contributed by atoms with Crippen molar-refractivity contribution in [1.29, 1.82) is 5.26 Å². The van der Waals surface area contributed by atoms with Gasteiger partial charge >= 0.3 is 0 Å². The van der Waals surface area contributed by atoms with Crippen LogP contribution in [0.3, 0.4) is 0 Å². The first-order chi connectivity index (χ1) is 15.5. The van der Waals surface area contributed by atoms with E-state index in [0.717, 1.165) is 4.90 Å². The zero-order valence-electron chi connectivity index (χ0n) is 16.1. The van der Waals surface area contributed by atoms with E-state index in [0.29, 0.717) is 11.4 Å². The summed E-state index contributed by atoms with van der Waals surface area (Å²) in [5.41, 5.74) is 1.18. The zero-order chi connectivity index (χ0) is 22.4. The Morgan fingerprint density at radius 1 is 0.688 bits per heavy atom. The van der Waals surface area contributed by atoms with Crippen LogP contribution < -0.4 is 19.7 Å². The molecule has 2 aliphatic heterocycles. The van der Waals surface area contributed by atoms with Crippen molar-refractivity contribution in [3.63, 3.8) is 0 Å². The predicted octanol–water partition coefficient (Wildman–Crippen LogP) is 3.02. The van der Waals surface area contributed by atoms with Gasteiger partial charge in [-0.2, -0.15) is 0 Å². The molecule has 3 aromatic carbocycles. The standard InChI is InChI=1S/C23H11N3O6/c24-11-31-13-3-1-12(2-4-13)26-22(29)17-8-6-15(10-19(17)23(26)30)32-14-5-7-16-18(9-14)21(28)25-20(16)27/h1-10H,(H,25,27,28). The van der Waals surface area contributed by atoms with Gasteiger partial charge in [0.1, 0.15) is 17.2 Å². The third-order valence-corrected chi connectivity index (χ3v) is 5.06. The molecule has 2 aliphatic rings. The van der Waals surface area contributed by atoms with Crippen LogP contribution in [0, 0.1) is 11.5 Å². The highest BCUT2D eigenvalue weighted by atomic mass is 16.5. The lowest BCUT2D eigenvalue weighted by atomic mass is 10.1. The van der Waals surface area contributed by atoms with Crippen LogP contribution in [0.2, 0.25) is 0 Å². The Hall–Kier alpha value is -4.97. The highest BCUT2D eigenvalue weighted by Gasteiger charge is 2.37. The number of benzene rings is 3. The Morgan fingerprint density at radius 3 is 1.94 bits per heavy atom. The average molecular weight is 425 g/mol. The van der Waals surface area contributed by atoms with Crippen molar-refractivity contribution < 1.29 is 28.7 Å². The molecule has 0 radical (unpaired) electrons. The summed E-state index contributed by atoms with van der Waals surface area (Å²) in [6.45, 7) is 0. The van der Waals surface area contributed by atoms with Crippen molar-refractivity contribution in [3.8, 4) is 23.5 Å². The molecule has 1 N–H and O–H groups in total. The van der Waals surface area contributed by atoms with E-state index >= 15 is 0 Å². The maximum atomic E-state index is 12.9. The Bertz CT molecular complexity index is 1390. The summed E-state index contributed by atoms with van der Waals surface area (Å²) >= 11 is 0. The smallest absolute Gasteiger partial charge is 0.292 e. The normalized spacial score (nSPS) is 14.0. The lowest BCUT2D eigenvalue weighted by molar-refractivity contribution is 0.0874. The van der Waals surface area contributed by atoms with E-state index in [1.54, 1.807) is 6.26 Å². The van der Waals surface area contributed by atoms with Gasteiger partial charge in [0.25, 0.3) is 29.9 Å². The van der Waals surface area contributed by atoms with E-state index in [-0.39, 0.29) is 33.8 Å². The van der Waals surface area contributed by atoms with Crippen LogP contribution in [0.1, 0.15) is 41.4 Å². The molecule has 0 saturated heterocycles. The highest BCUT2D eigenvalue weighted by Crippen LogP contribution is 2.33. The number of imide groups is 2. The fraction of sp³-hybridized carbons (Fsp3) is 0. The third kappa shape index (κ3) is 2.95. The number of hydrogen-bond donors (Lipinski definition) is 1. The van der Waals surface area contributed by atoms with Gasteiger partial charge < -0.3 is 9.47 Å². The Labute approximate surface area is 180 Å². The Kier molecular flexibility index (Phi) is 4.20. The summed E-state index contributed by atoms with van der Waals surface area (Å²) in [6.07, 6.45) is 1.55. The maximum Gasteiger partial charge on any atom is 0.292 e. The number of ether oxygens (including phenoxy) is 2. The van der Waals surface area contributed by atoms with Crippen LogP contribution >= 0.6 is 0 Å². The number of nitrogens with one attached hydrogen (secondary N) is 1. The number of hydrogen-bond acceptors (Lipinski definition) is 7. The predicted molar refractivity (Wildman–Crippen MR) is 109 cm³/mol. The van der Waals surface area contributed by atoms with Crippen molar-refractivity contribution in [2.45, 2.75) is 0 Å². The number of carbonyl (C=O) groups is 4. The lowest BCUT2D eigenvalue weighted by Gasteiger charge is -2.13. The summed E-state index contributed by atoms with van der Waals surface area (Å²) in [5.74, 6) is -1.11. The van der Waals surface area contributed by atoms with Gasteiger partial charge in [0.2, 0.25) is 0 Å². The molecule has 5 rings (SSSR count). The molecule has 2 heterocycles. The molecule has 0 atom stereocenters. The summed E-state index contributed by atoms with van der Waals surface area (Å²) < 4.78 is 10.5. The molecule has 9 nitrogen and oxygen atoms in total. The van der Waals surface area contributed by atoms with Crippen molar-refractivity contribution in [2.75, 3.05) is 4.90 Å². The van der Waals surface area contributed by atoms with Gasteiger partial charge in [-0.3, -0.25) is 24.5 Å². The van der Waals surface area contributed by atoms with Crippen LogP contribution in [0.4, 0.5) is 5.69 Å². The van der Waals surface area contributed by atoms with Crippen LogP contribution in [0.5, 0.6) is 17.2 Å². The molecule has 0 fully saturated rings. The minimum Gasteiger partial charge on any atom is -0.457 e. The Morgan fingerprint density at radius 2 is 1.25 bits per heavy atom. The van der Waals surface area contributed by atoms with Gasteiger partial charge in [-0.25, -0.2) is 4.90 Å². The zero-order valence-corrected chi connectivity index (χ0v) is 16.1. The molecule has 0 spiro atoms. The number of amides is 4. The minimum absolute atomic E-state index is 0.166. The number of nitrogens with zero attached hydrogens (tertiary/aromatic N) is 2. The number of carbonyl (C=O) groups excluding carboxylic acids is 4. The van der Waals surface area contributed by atoms with Crippen LogP contribution in [-0.4, -0.2) is 23.6 Å². The fourth-order valence-electron chi connectivity index (χ4n) is 3.58. The monoisotopic (exact) mass is 425 g/mol. The molecule has 0 bridgehead atoms. The van der Waals surface area contributed by atoms with Gasteiger partial charge in [0.15, 0.2) is 0 Å².